The fraction of sp³-hybridized carbons (Fsp3) is 0.238. The predicted octanol–water partition coefficient (Wildman–Crippen LogP) is 4.64. The second-order valence-electron chi connectivity index (χ2n) is 6.16. The molecule has 1 saturated heterocycles. The number of amides is 2. The van der Waals surface area contributed by atoms with Crippen LogP contribution >= 0.6 is 11.8 Å². The first-order valence-electron chi connectivity index (χ1n) is 8.64. The lowest BCUT2D eigenvalue weighted by molar-refractivity contribution is -0.121. The van der Waals surface area contributed by atoms with Crippen LogP contribution in [0.25, 0.3) is 6.08 Å². The highest BCUT2D eigenvalue weighted by Gasteiger charge is 2.31. The van der Waals surface area contributed by atoms with Crippen molar-refractivity contribution in [3.63, 3.8) is 0 Å². The van der Waals surface area contributed by atoms with Gasteiger partial charge < -0.3 is 9.47 Å². The first-order valence-corrected chi connectivity index (χ1v) is 9.46. The quantitative estimate of drug-likeness (QED) is 0.680. The molecule has 1 aliphatic heterocycles. The lowest BCUT2D eigenvalue weighted by Gasteiger charge is -2.13. The fourth-order valence-electron chi connectivity index (χ4n) is 2.66. The molecule has 2 aromatic carbocycles. The maximum atomic E-state index is 12.0. The first-order chi connectivity index (χ1) is 13.0. The highest BCUT2D eigenvalue weighted by molar-refractivity contribution is 8.18. The van der Waals surface area contributed by atoms with Gasteiger partial charge in [0.25, 0.3) is 11.1 Å². The van der Waals surface area contributed by atoms with Gasteiger partial charge in [0.2, 0.25) is 0 Å². The largest absolute Gasteiger partial charge is 0.490 e. The van der Waals surface area contributed by atoms with Crippen molar-refractivity contribution in [2.75, 3.05) is 13.7 Å². The maximum absolute atomic E-state index is 12.0. The van der Waals surface area contributed by atoms with Crippen LogP contribution < -0.4 is 9.47 Å². The average molecular weight is 383 g/mol. The number of hydrogen-bond acceptors (Lipinski definition) is 5. The maximum Gasteiger partial charge on any atom is 0.293 e. The van der Waals surface area contributed by atoms with E-state index in [9.17, 15) is 9.59 Å². The summed E-state index contributed by atoms with van der Waals surface area (Å²) in [7, 11) is 1.48. The van der Waals surface area contributed by atoms with E-state index in [1.54, 1.807) is 6.08 Å². The summed E-state index contributed by atoms with van der Waals surface area (Å²) >= 11 is 0.935. The van der Waals surface area contributed by atoms with Crippen molar-refractivity contribution < 1.29 is 19.1 Å². The van der Waals surface area contributed by atoms with Crippen LogP contribution in [0.1, 0.15) is 23.6 Å². The Morgan fingerprint density at radius 3 is 2.56 bits per heavy atom. The molecule has 0 spiro atoms. The van der Waals surface area contributed by atoms with E-state index < -0.39 is 0 Å². The van der Waals surface area contributed by atoms with E-state index in [1.807, 2.05) is 50.2 Å². The van der Waals surface area contributed by atoms with Crippen molar-refractivity contribution in [1.29, 1.82) is 0 Å². The normalized spacial score (nSPS) is 15.5. The van der Waals surface area contributed by atoms with Crippen LogP contribution in [0.3, 0.4) is 0 Å². The van der Waals surface area contributed by atoms with Gasteiger partial charge in [-0.25, -0.2) is 0 Å². The number of rotatable bonds is 6. The second kappa shape index (κ2) is 8.31. The Hall–Kier alpha value is -2.73. The average Bonchev–Trinajstić information content (AvgIpc) is 2.88. The molecule has 3 rings (SSSR count). The summed E-state index contributed by atoms with van der Waals surface area (Å²) in [5, 5.41) is -0.269. The third-order valence-corrected chi connectivity index (χ3v) is 4.99. The molecule has 0 radical (unpaired) electrons. The Morgan fingerprint density at radius 1 is 1.07 bits per heavy atom. The molecule has 1 heterocycles. The molecule has 1 fully saturated rings. The number of imide groups is 1. The molecule has 0 unspecified atom stereocenters. The van der Waals surface area contributed by atoms with Crippen LogP contribution in [0, 0.1) is 6.92 Å². The zero-order valence-corrected chi connectivity index (χ0v) is 16.3. The van der Waals surface area contributed by atoms with Crippen molar-refractivity contribution in [3.05, 3.63) is 64.1 Å². The molecule has 0 aromatic heterocycles. The summed E-state index contributed by atoms with van der Waals surface area (Å²) in [6, 6.07) is 13.6. The van der Waals surface area contributed by atoms with Gasteiger partial charge in [-0.15, -0.1) is 0 Å². The number of likely N-dealkylation sites (N-methyl/N-ethyl adjacent to an activating group) is 1. The molecule has 2 aromatic rings. The number of nitrogens with zero attached hydrogens (tertiary/aromatic N) is 1. The second-order valence-corrected chi connectivity index (χ2v) is 7.15. The van der Waals surface area contributed by atoms with Gasteiger partial charge in [0.05, 0.1) is 11.5 Å². The van der Waals surface area contributed by atoms with Crippen LogP contribution in [-0.2, 0) is 11.4 Å². The molecule has 140 valence electrons. The number of aryl methyl sites for hydroxylation is 1. The number of carbonyl (C=O) groups is 2. The highest BCUT2D eigenvalue weighted by atomic mass is 32.2. The Morgan fingerprint density at radius 2 is 1.89 bits per heavy atom. The Bertz CT molecular complexity index is 907. The Balaban J connectivity index is 1.80. The smallest absolute Gasteiger partial charge is 0.293 e. The summed E-state index contributed by atoms with van der Waals surface area (Å²) in [6.45, 7) is 4.88. The zero-order valence-electron chi connectivity index (χ0n) is 15.5. The minimum Gasteiger partial charge on any atom is -0.490 e. The van der Waals surface area contributed by atoms with Crippen LogP contribution in [0.4, 0.5) is 4.79 Å². The molecule has 0 saturated carbocycles. The van der Waals surface area contributed by atoms with Gasteiger partial charge in [-0.1, -0.05) is 35.9 Å². The number of thioether (sulfide) groups is 1. The highest BCUT2D eigenvalue weighted by Crippen LogP contribution is 2.34. The Kier molecular flexibility index (Phi) is 5.86. The van der Waals surface area contributed by atoms with Gasteiger partial charge in [-0.2, -0.15) is 0 Å². The molecule has 0 atom stereocenters. The monoisotopic (exact) mass is 383 g/mol. The van der Waals surface area contributed by atoms with Gasteiger partial charge in [-0.3, -0.25) is 14.5 Å². The summed E-state index contributed by atoms with van der Waals surface area (Å²) in [6.07, 6.45) is 1.70. The zero-order chi connectivity index (χ0) is 19.4. The van der Waals surface area contributed by atoms with Crippen LogP contribution in [0.5, 0.6) is 11.5 Å². The van der Waals surface area contributed by atoms with Crippen LogP contribution in [-0.4, -0.2) is 29.7 Å². The van der Waals surface area contributed by atoms with Gasteiger partial charge in [0, 0.05) is 7.05 Å². The minimum atomic E-state index is -0.289. The third kappa shape index (κ3) is 4.52. The molecule has 2 amide bonds. The van der Waals surface area contributed by atoms with E-state index in [-0.39, 0.29) is 11.1 Å². The van der Waals surface area contributed by atoms with E-state index >= 15 is 0 Å². The minimum absolute atomic E-state index is 0.269. The first kappa shape index (κ1) is 19.0. The summed E-state index contributed by atoms with van der Waals surface area (Å²) in [5.41, 5.74) is 3.04. The summed E-state index contributed by atoms with van der Waals surface area (Å²) in [5.74, 6) is 0.955. The van der Waals surface area contributed by atoms with Crippen LogP contribution in [0.2, 0.25) is 0 Å². The van der Waals surface area contributed by atoms with Gasteiger partial charge in [0.15, 0.2) is 11.5 Å². The number of hydrogen-bond donors (Lipinski definition) is 0. The topological polar surface area (TPSA) is 55.8 Å². The molecule has 5 nitrogen and oxygen atoms in total. The van der Waals surface area contributed by atoms with Crippen molar-refractivity contribution in [1.82, 2.24) is 4.90 Å². The predicted molar refractivity (Wildman–Crippen MR) is 107 cm³/mol. The summed E-state index contributed by atoms with van der Waals surface area (Å²) < 4.78 is 11.6. The Labute approximate surface area is 163 Å². The standard InChI is InChI=1S/C21H21NO4S/c1-4-25-18-11-15(12-19-20(23)22(3)21(24)27-19)8-9-17(18)26-13-16-7-5-6-14(2)10-16/h5-12H,4,13H2,1-3H3/b19-12-. The molecule has 1 aliphatic rings. The lowest BCUT2D eigenvalue weighted by atomic mass is 10.1. The number of benzene rings is 2. The lowest BCUT2D eigenvalue weighted by Crippen LogP contribution is -2.22. The van der Waals surface area contributed by atoms with E-state index in [1.165, 1.54) is 12.6 Å². The van der Waals surface area contributed by atoms with Crippen molar-refractivity contribution in [2.24, 2.45) is 0 Å². The molecule has 6 heteroatoms. The fourth-order valence-corrected chi connectivity index (χ4v) is 3.49. The van der Waals surface area contributed by atoms with E-state index in [2.05, 4.69) is 6.07 Å². The van der Waals surface area contributed by atoms with E-state index in [0.29, 0.717) is 29.6 Å². The van der Waals surface area contributed by atoms with E-state index in [0.717, 1.165) is 27.8 Å². The van der Waals surface area contributed by atoms with Gasteiger partial charge >= 0.3 is 0 Å². The van der Waals surface area contributed by atoms with E-state index in [4.69, 9.17) is 9.47 Å². The molecule has 0 N–H and O–H groups in total. The van der Waals surface area contributed by atoms with Gasteiger partial charge in [-0.05, 0) is 54.9 Å². The molecule has 27 heavy (non-hydrogen) atoms. The van der Waals surface area contributed by atoms with Gasteiger partial charge in [0.1, 0.15) is 6.61 Å². The molecule has 0 bridgehead atoms. The summed E-state index contributed by atoms with van der Waals surface area (Å²) in [4.78, 5) is 25.2. The van der Waals surface area contributed by atoms with Crippen molar-refractivity contribution in [2.45, 2.75) is 20.5 Å². The third-order valence-electron chi connectivity index (χ3n) is 4.03. The molecular weight excluding hydrogens is 362 g/mol. The molecule has 0 aliphatic carbocycles. The van der Waals surface area contributed by atoms with Crippen molar-refractivity contribution >= 4 is 29.0 Å². The SMILES string of the molecule is CCOc1cc(/C=C2\SC(=O)N(C)C2=O)ccc1OCc1cccc(C)c1. The number of ether oxygens (including phenoxy) is 2. The molecular formula is C21H21NO4S. The van der Waals surface area contributed by atoms with Crippen molar-refractivity contribution in [3.8, 4) is 11.5 Å². The number of carbonyl (C=O) groups excluding carboxylic acids is 2. The van der Waals surface area contributed by atoms with Crippen LogP contribution in [0.15, 0.2) is 47.4 Å².